The molecule has 0 aliphatic heterocycles. The van der Waals surface area contributed by atoms with Crippen LogP contribution in [-0.4, -0.2) is 34.4 Å². The molecule has 1 aromatic carbocycles. The fourth-order valence-electron chi connectivity index (χ4n) is 2.62. The number of aryl methyl sites for hydroxylation is 2. The van der Waals surface area contributed by atoms with E-state index in [1.54, 1.807) is 0 Å². The number of hydrogen-bond donors (Lipinski definition) is 1. The zero-order valence-electron chi connectivity index (χ0n) is 13.6. The van der Waals surface area contributed by atoms with Gasteiger partial charge in [0.25, 0.3) is 5.91 Å². The molecular formula is C17H20N4O2. The van der Waals surface area contributed by atoms with Crippen molar-refractivity contribution in [3.05, 3.63) is 29.8 Å². The zero-order valence-corrected chi connectivity index (χ0v) is 13.6. The minimum atomic E-state index is -0.223. The number of pyridine rings is 1. The normalized spacial score (nSPS) is 11.3. The predicted octanol–water partition coefficient (Wildman–Crippen LogP) is 2.89. The third-order valence-corrected chi connectivity index (χ3v) is 3.64. The number of carbonyl (C=O) groups excluding carboxylic acids is 1. The van der Waals surface area contributed by atoms with Crippen molar-refractivity contribution in [1.29, 1.82) is 0 Å². The standard InChI is InChI=1S/C17H20N4O2/c1-4-7-21-17-13(16(20-21)19-15(22)10-23-3)9-12-6-5-11(2)8-14(12)18-17/h5-6,8-9H,4,7,10H2,1-3H3,(H,19,20,22). The summed E-state index contributed by atoms with van der Waals surface area (Å²) in [7, 11) is 1.49. The van der Waals surface area contributed by atoms with Crippen molar-refractivity contribution in [2.75, 3.05) is 19.0 Å². The van der Waals surface area contributed by atoms with Crippen LogP contribution in [0.25, 0.3) is 21.9 Å². The Kier molecular flexibility index (Phi) is 4.25. The molecule has 23 heavy (non-hydrogen) atoms. The van der Waals surface area contributed by atoms with Crippen LogP contribution in [0.15, 0.2) is 24.3 Å². The fraction of sp³-hybridized carbons (Fsp3) is 0.353. The third kappa shape index (κ3) is 3.03. The molecule has 0 radical (unpaired) electrons. The molecule has 0 spiro atoms. The number of benzene rings is 1. The molecule has 6 heteroatoms. The lowest BCUT2D eigenvalue weighted by molar-refractivity contribution is -0.119. The number of carbonyl (C=O) groups is 1. The minimum Gasteiger partial charge on any atom is -0.375 e. The SMILES string of the molecule is CCCn1nc(NC(=O)COC)c2cc3ccc(C)cc3nc21. The molecule has 1 N–H and O–H groups in total. The Bertz CT molecular complexity index is 870. The van der Waals surface area contributed by atoms with E-state index in [0.29, 0.717) is 5.82 Å². The van der Waals surface area contributed by atoms with Crippen LogP contribution in [0.3, 0.4) is 0 Å². The van der Waals surface area contributed by atoms with Gasteiger partial charge in [-0.3, -0.25) is 4.79 Å². The second-order valence-electron chi connectivity index (χ2n) is 5.61. The van der Waals surface area contributed by atoms with Gasteiger partial charge in [0, 0.05) is 19.0 Å². The second kappa shape index (κ2) is 6.34. The molecule has 3 rings (SSSR count). The Balaban J connectivity index is 2.16. The molecule has 0 aliphatic rings. The summed E-state index contributed by atoms with van der Waals surface area (Å²) in [5.74, 6) is 0.310. The summed E-state index contributed by atoms with van der Waals surface area (Å²) in [4.78, 5) is 16.6. The lowest BCUT2D eigenvalue weighted by Gasteiger charge is -2.03. The van der Waals surface area contributed by atoms with Crippen molar-refractivity contribution in [3.8, 4) is 0 Å². The van der Waals surface area contributed by atoms with Crippen LogP contribution in [0.2, 0.25) is 0 Å². The Morgan fingerprint density at radius 2 is 2.17 bits per heavy atom. The Morgan fingerprint density at radius 3 is 2.91 bits per heavy atom. The molecule has 2 aromatic heterocycles. The summed E-state index contributed by atoms with van der Waals surface area (Å²) in [6.45, 7) is 4.89. The molecule has 0 aliphatic carbocycles. The van der Waals surface area contributed by atoms with E-state index in [0.717, 1.165) is 34.9 Å². The highest BCUT2D eigenvalue weighted by atomic mass is 16.5. The number of amides is 1. The number of fused-ring (bicyclic) bond motifs is 2. The largest absolute Gasteiger partial charge is 0.375 e. The monoisotopic (exact) mass is 312 g/mol. The van der Waals surface area contributed by atoms with E-state index >= 15 is 0 Å². The summed E-state index contributed by atoms with van der Waals surface area (Å²) in [5, 5.41) is 9.19. The maximum Gasteiger partial charge on any atom is 0.251 e. The number of rotatable bonds is 5. The summed E-state index contributed by atoms with van der Waals surface area (Å²) in [6, 6.07) is 8.17. The summed E-state index contributed by atoms with van der Waals surface area (Å²) in [6.07, 6.45) is 0.940. The van der Waals surface area contributed by atoms with Gasteiger partial charge in [0.15, 0.2) is 11.5 Å². The van der Waals surface area contributed by atoms with Gasteiger partial charge in [-0.25, -0.2) is 9.67 Å². The second-order valence-corrected chi connectivity index (χ2v) is 5.61. The van der Waals surface area contributed by atoms with E-state index in [9.17, 15) is 4.79 Å². The topological polar surface area (TPSA) is 69.0 Å². The van der Waals surface area contributed by atoms with E-state index in [1.807, 2.05) is 23.7 Å². The number of aromatic nitrogens is 3. The zero-order chi connectivity index (χ0) is 16.4. The molecule has 0 saturated heterocycles. The molecule has 0 saturated carbocycles. The van der Waals surface area contributed by atoms with Gasteiger partial charge >= 0.3 is 0 Å². The van der Waals surface area contributed by atoms with E-state index in [4.69, 9.17) is 9.72 Å². The van der Waals surface area contributed by atoms with Gasteiger partial charge < -0.3 is 10.1 Å². The van der Waals surface area contributed by atoms with Gasteiger partial charge in [-0.05, 0) is 31.0 Å². The molecular weight excluding hydrogens is 292 g/mol. The van der Waals surface area contributed by atoms with Crippen LogP contribution < -0.4 is 5.32 Å². The molecule has 0 fully saturated rings. The van der Waals surface area contributed by atoms with E-state index in [2.05, 4.69) is 29.5 Å². The smallest absolute Gasteiger partial charge is 0.251 e. The van der Waals surface area contributed by atoms with Crippen molar-refractivity contribution >= 4 is 33.7 Å². The van der Waals surface area contributed by atoms with Crippen molar-refractivity contribution in [1.82, 2.24) is 14.8 Å². The first-order chi connectivity index (χ1) is 11.1. The number of anilines is 1. The van der Waals surface area contributed by atoms with E-state index < -0.39 is 0 Å². The van der Waals surface area contributed by atoms with Gasteiger partial charge in [-0.2, -0.15) is 5.10 Å². The Hall–Kier alpha value is -2.47. The van der Waals surface area contributed by atoms with E-state index in [1.165, 1.54) is 12.7 Å². The number of hydrogen-bond acceptors (Lipinski definition) is 4. The molecule has 1 amide bonds. The van der Waals surface area contributed by atoms with Crippen molar-refractivity contribution in [3.63, 3.8) is 0 Å². The number of methoxy groups -OCH3 is 1. The number of ether oxygens (including phenoxy) is 1. The molecule has 120 valence electrons. The van der Waals surface area contributed by atoms with Crippen LogP contribution in [0.1, 0.15) is 18.9 Å². The first kappa shape index (κ1) is 15.4. The molecule has 6 nitrogen and oxygen atoms in total. The first-order valence-electron chi connectivity index (χ1n) is 7.69. The summed E-state index contributed by atoms with van der Waals surface area (Å²) >= 11 is 0. The molecule has 0 bridgehead atoms. The molecule has 3 aromatic rings. The molecule has 2 heterocycles. The first-order valence-corrected chi connectivity index (χ1v) is 7.69. The predicted molar refractivity (Wildman–Crippen MR) is 90.6 cm³/mol. The van der Waals surface area contributed by atoms with Crippen LogP contribution in [0.4, 0.5) is 5.82 Å². The number of nitrogens with zero attached hydrogens (tertiary/aromatic N) is 3. The quantitative estimate of drug-likeness (QED) is 0.786. The van der Waals surface area contributed by atoms with Gasteiger partial charge in [-0.1, -0.05) is 19.1 Å². The van der Waals surface area contributed by atoms with Crippen LogP contribution in [0, 0.1) is 6.92 Å². The maximum atomic E-state index is 11.8. The van der Waals surface area contributed by atoms with Crippen LogP contribution in [0.5, 0.6) is 0 Å². The minimum absolute atomic E-state index is 0.00232. The van der Waals surface area contributed by atoms with Crippen molar-refractivity contribution < 1.29 is 9.53 Å². The van der Waals surface area contributed by atoms with Gasteiger partial charge in [0.05, 0.1) is 10.9 Å². The van der Waals surface area contributed by atoms with Crippen molar-refractivity contribution in [2.24, 2.45) is 0 Å². The van der Waals surface area contributed by atoms with Gasteiger partial charge in [0.2, 0.25) is 0 Å². The van der Waals surface area contributed by atoms with Crippen LogP contribution in [-0.2, 0) is 16.1 Å². The highest BCUT2D eigenvalue weighted by Crippen LogP contribution is 2.26. The molecule has 0 atom stereocenters. The van der Waals surface area contributed by atoms with E-state index in [-0.39, 0.29) is 12.5 Å². The Labute approximate surface area is 134 Å². The summed E-state index contributed by atoms with van der Waals surface area (Å²) in [5.41, 5.74) is 2.89. The maximum absolute atomic E-state index is 11.8. The average Bonchev–Trinajstić information content (AvgIpc) is 2.83. The lowest BCUT2D eigenvalue weighted by atomic mass is 10.1. The number of nitrogens with one attached hydrogen (secondary N) is 1. The third-order valence-electron chi connectivity index (χ3n) is 3.64. The van der Waals surface area contributed by atoms with Gasteiger partial charge in [-0.15, -0.1) is 0 Å². The van der Waals surface area contributed by atoms with Crippen LogP contribution >= 0.6 is 0 Å². The lowest BCUT2D eigenvalue weighted by Crippen LogP contribution is -2.17. The Morgan fingerprint density at radius 1 is 1.35 bits per heavy atom. The highest BCUT2D eigenvalue weighted by Gasteiger charge is 2.15. The van der Waals surface area contributed by atoms with Crippen molar-refractivity contribution in [2.45, 2.75) is 26.8 Å². The highest BCUT2D eigenvalue weighted by molar-refractivity contribution is 6.03. The van der Waals surface area contributed by atoms with Gasteiger partial charge in [0.1, 0.15) is 6.61 Å². The average molecular weight is 312 g/mol. The fourth-order valence-corrected chi connectivity index (χ4v) is 2.62. The summed E-state index contributed by atoms with van der Waals surface area (Å²) < 4.78 is 6.71. The molecule has 0 unspecified atom stereocenters.